The molecule has 0 fully saturated rings. The number of phenols is 1. The van der Waals surface area contributed by atoms with Crippen molar-refractivity contribution < 1.29 is 14.6 Å². The molecule has 0 unspecified atom stereocenters. The van der Waals surface area contributed by atoms with Crippen molar-refractivity contribution in [1.29, 1.82) is 0 Å². The average Bonchev–Trinajstić information content (AvgIpc) is 2.33. The molecular weight excluding hydrogens is 288 g/mol. The van der Waals surface area contributed by atoms with E-state index in [2.05, 4.69) is 41.5 Å². The number of phenolic OH excluding ortho intramolecular Hbond substituents is 1. The Kier molecular flexibility index (Phi) is 5.68. The van der Waals surface area contributed by atoms with Crippen LogP contribution in [0, 0.1) is 0 Å². The topological polar surface area (TPSA) is 46.5 Å². The van der Waals surface area contributed by atoms with E-state index in [9.17, 15) is 9.90 Å². The molecule has 0 amide bonds. The summed E-state index contributed by atoms with van der Waals surface area (Å²) in [6.07, 6.45) is 3.04. The highest BCUT2D eigenvalue weighted by Gasteiger charge is 2.26. The molecule has 3 heteroatoms. The van der Waals surface area contributed by atoms with Crippen molar-refractivity contribution in [3.8, 4) is 5.75 Å². The fraction of sp³-hybridized carbons (Fsp3) is 0.550. The van der Waals surface area contributed by atoms with Crippen LogP contribution in [0.1, 0.15) is 72.1 Å². The van der Waals surface area contributed by atoms with E-state index >= 15 is 0 Å². The summed E-state index contributed by atoms with van der Waals surface area (Å²) < 4.78 is 5.12. The Bertz CT molecular complexity index is 561. The van der Waals surface area contributed by atoms with Gasteiger partial charge in [-0.2, -0.15) is 0 Å². The largest absolute Gasteiger partial charge is 0.507 e. The van der Waals surface area contributed by atoms with Crippen molar-refractivity contribution in [1.82, 2.24) is 0 Å². The molecule has 1 rings (SSSR count). The lowest BCUT2D eigenvalue weighted by Crippen LogP contribution is -2.17. The van der Waals surface area contributed by atoms with Gasteiger partial charge >= 0.3 is 5.97 Å². The van der Waals surface area contributed by atoms with Crippen molar-refractivity contribution in [3.05, 3.63) is 34.9 Å². The van der Waals surface area contributed by atoms with Crippen LogP contribution < -0.4 is 0 Å². The lowest BCUT2D eigenvalue weighted by Gasteiger charge is -2.27. The molecule has 1 aromatic rings. The van der Waals surface area contributed by atoms with Gasteiger partial charge in [-0.05, 0) is 48.4 Å². The Morgan fingerprint density at radius 2 is 1.48 bits per heavy atom. The molecule has 3 nitrogen and oxygen atoms in total. The van der Waals surface area contributed by atoms with Gasteiger partial charge in [-0.25, -0.2) is 4.79 Å². The third-order valence-electron chi connectivity index (χ3n) is 3.51. The van der Waals surface area contributed by atoms with Gasteiger partial charge in [0.2, 0.25) is 0 Å². The molecule has 0 saturated heterocycles. The molecule has 0 aliphatic rings. The zero-order chi connectivity index (χ0) is 18.0. The van der Waals surface area contributed by atoms with Gasteiger partial charge in [0.1, 0.15) is 5.75 Å². The van der Waals surface area contributed by atoms with Gasteiger partial charge in [-0.15, -0.1) is 0 Å². The maximum absolute atomic E-state index is 11.7. The highest BCUT2D eigenvalue weighted by molar-refractivity contribution is 5.87. The van der Waals surface area contributed by atoms with Crippen molar-refractivity contribution >= 4 is 12.0 Å². The normalized spacial score (nSPS) is 12.9. The van der Waals surface area contributed by atoms with E-state index in [1.54, 1.807) is 6.08 Å². The highest BCUT2D eigenvalue weighted by Crippen LogP contribution is 2.39. The number of hydrogen-bond acceptors (Lipinski definition) is 3. The van der Waals surface area contributed by atoms with E-state index in [4.69, 9.17) is 4.74 Å². The first-order valence-electron chi connectivity index (χ1n) is 8.09. The van der Waals surface area contributed by atoms with Crippen LogP contribution in [-0.2, 0) is 20.4 Å². The Labute approximate surface area is 140 Å². The van der Waals surface area contributed by atoms with Crippen molar-refractivity contribution in [2.24, 2.45) is 0 Å². The molecular formula is C20H30O3. The Hall–Kier alpha value is -1.77. The molecule has 1 aromatic carbocycles. The first-order chi connectivity index (χ1) is 10.3. The Morgan fingerprint density at radius 3 is 1.83 bits per heavy atom. The molecule has 128 valence electrons. The van der Waals surface area contributed by atoms with Crippen LogP contribution >= 0.6 is 0 Å². The molecule has 0 aliphatic carbocycles. The van der Waals surface area contributed by atoms with E-state index in [-0.39, 0.29) is 22.9 Å². The van der Waals surface area contributed by atoms with Crippen LogP contribution in [-0.4, -0.2) is 17.2 Å². The number of ether oxygens (including phenoxy) is 1. The predicted molar refractivity (Wildman–Crippen MR) is 95.8 cm³/mol. The fourth-order valence-electron chi connectivity index (χ4n) is 2.33. The Balaban J connectivity index is 3.34. The van der Waals surface area contributed by atoms with Crippen LogP contribution in [0.15, 0.2) is 18.2 Å². The molecule has 0 heterocycles. The van der Waals surface area contributed by atoms with Gasteiger partial charge in [0.15, 0.2) is 0 Å². The number of benzene rings is 1. The summed E-state index contributed by atoms with van der Waals surface area (Å²) >= 11 is 0. The van der Waals surface area contributed by atoms with E-state index in [0.29, 0.717) is 5.75 Å². The second-order valence-electron chi connectivity index (χ2n) is 8.28. The van der Waals surface area contributed by atoms with Crippen molar-refractivity contribution in [2.75, 3.05) is 0 Å². The summed E-state index contributed by atoms with van der Waals surface area (Å²) in [7, 11) is 0. The van der Waals surface area contributed by atoms with Gasteiger partial charge in [-0.1, -0.05) is 41.5 Å². The molecule has 0 aliphatic heterocycles. The van der Waals surface area contributed by atoms with Crippen molar-refractivity contribution in [3.63, 3.8) is 0 Å². The van der Waals surface area contributed by atoms with Gasteiger partial charge in [0, 0.05) is 17.2 Å². The summed E-state index contributed by atoms with van der Waals surface area (Å²) in [6, 6.07) is 3.87. The monoisotopic (exact) mass is 318 g/mol. The number of aromatic hydroxyl groups is 1. The van der Waals surface area contributed by atoms with Gasteiger partial charge in [0.25, 0.3) is 0 Å². The van der Waals surface area contributed by atoms with Crippen LogP contribution in [0.25, 0.3) is 6.08 Å². The molecule has 0 bridgehead atoms. The highest BCUT2D eigenvalue weighted by atomic mass is 16.5. The zero-order valence-electron chi connectivity index (χ0n) is 15.7. The van der Waals surface area contributed by atoms with Crippen LogP contribution in [0.3, 0.4) is 0 Å². The molecule has 0 spiro atoms. The molecule has 0 atom stereocenters. The van der Waals surface area contributed by atoms with Crippen LogP contribution in [0.2, 0.25) is 0 Å². The minimum absolute atomic E-state index is 0.137. The molecule has 0 radical (unpaired) electrons. The number of esters is 1. The zero-order valence-corrected chi connectivity index (χ0v) is 15.7. The quantitative estimate of drug-likeness (QED) is 0.633. The standard InChI is InChI=1S/C20H30O3/c1-13(2)23-17(21)10-9-14-11-15(19(3,4)5)18(22)16(12-14)20(6,7)8/h9-13,22H,1-8H3. The summed E-state index contributed by atoms with van der Waals surface area (Å²) in [6.45, 7) is 16.0. The lowest BCUT2D eigenvalue weighted by atomic mass is 9.78. The van der Waals surface area contributed by atoms with E-state index in [0.717, 1.165) is 16.7 Å². The number of carbonyl (C=O) groups is 1. The maximum atomic E-state index is 11.7. The summed E-state index contributed by atoms with van der Waals surface area (Å²) in [5.74, 6) is -0.0189. The second-order valence-corrected chi connectivity index (χ2v) is 8.28. The number of carbonyl (C=O) groups excluding carboxylic acids is 1. The SMILES string of the molecule is CC(C)OC(=O)C=Cc1cc(C(C)(C)C)c(O)c(C(C)(C)C)c1. The molecule has 0 saturated carbocycles. The minimum atomic E-state index is -0.359. The van der Waals surface area contributed by atoms with Gasteiger partial charge in [-0.3, -0.25) is 0 Å². The minimum Gasteiger partial charge on any atom is -0.507 e. The average molecular weight is 318 g/mol. The third kappa shape index (κ3) is 5.42. The smallest absolute Gasteiger partial charge is 0.331 e. The Morgan fingerprint density at radius 1 is 1.04 bits per heavy atom. The van der Waals surface area contributed by atoms with Gasteiger partial charge < -0.3 is 9.84 Å². The predicted octanol–water partition coefficient (Wildman–Crippen LogP) is 4.95. The maximum Gasteiger partial charge on any atom is 0.331 e. The van der Waals surface area contributed by atoms with Gasteiger partial charge in [0.05, 0.1) is 6.10 Å². The first kappa shape index (κ1) is 19.3. The van der Waals surface area contributed by atoms with E-state index in [1.807, 2.05) is 26.0 Å². The summed E-state index contributed by atoms with van der Waals surface area (Å²) in [4.78, 5) is 11.7. The van der Waals surface area contributed by atoms with Crippen molar-refractivity contribution in [2.45, 2.75) is 72.3 Å². The van der Waals surface area contributed by atoms with Crippen LogP contribution in [0.4, 0.5) is 0 Å². The number of rotatable bonds is 3. The van der Waals surface area contributed by atoms with E-state index < -0.39 is 0 Å². The molecule has 23 heavy (non-hydrogen) atoms. The third-order valence-corrected chi connectivity index (χ3v) is 3.51. The fourth-order valence-corrected chi connectivity index (χ4v) is 2.33. The summed E-state index contributed by atoms with van der Waals surface area (Å²) in [5, 5.41) is 10.7. The molecule has 0 aromatic heterocycles. The second kappa shape index (κ2) is 6.77. The first-order valence-corrected chi connectivity index (χ1v) is 8.09. The van der Waals surface area contributed by atoms with Crippen LogP contribution in [0.5, 0.6) is 5.75 Å². The number of hydrogen-bond donors (Lipinski definition) is 1. The molecule has 1 N–H and O–H groups in total. The van der Waals surface area contributed by atoms with E-state index in [1.165, 1.54) is 6.08 Å². The summed E-state index contributed by atoms with van der Waals surface area (Å²) in [5.41, 5.74) is 2.26. The lowest BCUT2D eigenvalue weighted by molar-refractivity contribution is -0.141.